The molecule has 2 rings (SSSR count). The van der Waals surface area contributed by atoms with Gasteiger partial charge in [-0.25, -0.2) is 0 Å². The molecule has 1 fully saturated rings. The second-order valence-corrected chi connectivity index (χ2v) is 5.70. The molecule has 2 atom stereocenters. The molecule has 21 heavy (non-hydrogen) atoms. The number of hydrogen-bond acceptors (Lipinski definition) is 3. The predicted octanol–water partition coefficient (Wildman–Crippen LogP) is 1.99. The molecule has 2 heterocycles. The summed E-state index contributed by atoms with van der Waals surface area (Å²) < 4.78 is 1.73. The number of likely N-dealkylation sites (tertiary alicyclic amines) is 1. The number of rotatable bonds is 3. The van der Waals surface area contributed by atoms with Crippen molar-refractivity contribution in [3.05, 3.63) is 23.5 Å². The fraction of sp³-hybridized carbons (Fsp3) is 0.600. The number of aryl methyl sites for hydroxylation is 1. The molecule has 0 bridgehead atoms. The summed E-state index contributed by atoms with van der Waals surface area (Å²) in [5, 5.41) is 0. The fourth-order valence-corrected chi connectivity index (χ4v) is 2.87. The molecule has 0 aromatic carbocycles. The first kappa shape index (κ1) is 17.7. The average molecular weight is 314 g/mol. The van der Waals surface area contributed by atoms with Crippen LogP contribution in [-0.4, -0.2) is 39.8 Å². The number of ketones is 1. The first-order valence-electron chi connectivity index (χ1n) is 7.15. The molecule has 1 aliphatic rings. The zero-order valence-electron chi connectivity index (χ0n) is 12.8. The summed E-state index contributed by atoms with van der Waals surface area (Å²) >= 11 is 0. The summed E-state index contributed by atoms with van der Waals surface area (Å²) in [5.41, 5.74) is 7.14. The smallest absolute Gasteiger partial charge is 0.270 e. The summed E-state index contributed by atoms with van der Waals surface area (Å²) in [6, 6.07) is 1.73. The number of nitrogens with two attached hydrogens (primary N) is 1. The van der Waals surface area contributed by atoms with Crippen LogP contribution in [0.1, 0.15) is 54.0 Å². The number of amides is 1. The van der Waals surface area contributed by atoms with Gasteiger partial charge in [-0.3, -0.25) is 9.59 Å². The number of nitrogens with zero attached hydrogens (tertiary/aromatic N) is 2. The van der Waals surface area contributed by atoms with Gasteiger partial charge in [-0.2, -0.15) is 0 Å². The summed E-state index contributed by atoms with van der Waals surface area (Å²) in [5.74, 6) is -0.0518. The van der Waals surface area contributed by atoms with E-state index in [1.54, 1.807) is 23.9 Å². The summed E-state index contributed by atoms with van der Waals surface area (Å²) in [6.07, 6.45) is 4.79. The summed E-state index contributed by atoms with van der Waals surface area (Å²) in [4.78, 5) is 26.0. The zero-order valence-corrected chi connectivity index (χ0v) is 13.7. The van der Waals surface area contributed by atoms with Gasteiger partial charge < -0.3 is 15.2 Å². The topological polar surface area (TPSA) is 68.3 Å². The van der Waals surface area contributed by atoms with Gasteiger partial charge in [-0.05, 0) is 39.2 Å². The van der Waals surface area contributed by atoms with Crippen LogP contribution in [0, 0.1) is 0 Å². The van der Waals surface area contributed by atoms with Crippen molar-refractivity contribution in [3.63, 3.8) is 0 Å². The Morgan fingerprint density at radius 1 is 1.38 bits per heavy atom. The van der Waals surface area contributed by atoms with Gasteiger partial charge in [-0.1, -0.05) is 0 Å². The molecule has 1 amide bonds. The lowest BCUT2D eigenvalue weighted by Crippen LogP contribution is -2.52. The lowest BCUT2D eigenvalue weighted by atomic mass is 9.96. The number of aromatic nitrogens is 1. The number of halogens is 1. The van der Waals surface area contributed by atoms with Crippen molar-refractivity contribution >= 4 is 24.1 Å². The maximum Gasteiger partial charge on any atom is 0.270 e. The Hall–Kier alpha value is -1.33. The molecule has 0 spiro atoms. The highest BCUT2D eigenvalue weighted by atomic mass is 35.5. The first-order valence-corrected chi connectivity index (χ1v) is 7.15. The SMILES string of the molecule is CC(=O)c1cc(C(=O)N2CCCCC2C(C)N)n(C)c1.Cl. The third-order valence-corrected chi connectivity index (χ3v) is 4.05. The highest BCUT2D eigenvalue weighted by molar-refractivity contribution is 5.99. The van der Waals surface area contributed by atoms with Crippen LogP contribution >= 0.6 is 12.4 Å². The van der Waals surface area contributed by atoms with Crippen LogP contribution < -0.4 is 5.73 Å². The van der Waals surface area contributed by atoms with Crippen molar-refractivity contribution < 1.29 is 9.59 Å². The normalized spacial score (nSPS) is 19.8. The quantitative estimate of drug-likeness (QED) is 0.868. The van der Waals surface area contributed by atoms with Gasteiger partial charge in [0.2, 0.25) is 0 Å². The van der Waals surface area contributed by atoms with E-state index in [9.17, 15) is 9.59 Å². The maximum absolute atomic E-state index is 12.7. The van der Waals surface area contributed by atoms with E-state index in [0.717, 1.165) is 25.8 Å². The Morgan fingerprint density at radius 2 is 2.05 bits per heavy atom. The zero-order chi connectivity index (χ0) is 14.9. The number of piperidine rings is 1. The monoisotopic (exact) mass is 313 g/mol. The fourth-order valence-electron chi connectivity index (χ4n) is 2.87. The van der Waals surface area contributed by atoms with Crippen molar-refractivity contribution in [2.75, 3.05) is 6.54 Å². The van der Waals surface area contributed by atoms with Crippen LogP contribution in [0.3, 0.4) is 0 Å². The van der Waals surface area contributed by atoms with Crippen molar-refractivity contribution in [1.29, 1.82) is 0 Å². The molecule has 1 aromatic heterocycles. The van der Waals surface area contributed by atoms with Crippen molar-refractivity contribution in [2.24, 2.45) is 12.8 Å². The molecule has 2 N–H and O–H groups in total. The Morgan fingerprint density at radius 3 is 2.57 bits per heavy atom. The third kappa shape index (κ3) is 3.66. The van der Waals surface area contributed by atoms with Crippen LogP contribution in [0.25, 0.3) is 0 Å². The Kier molecular flexibility index (Phi) is 5.98. The molecule has 6 heteroatoms. The minimum Gasteiger partial charge on any atom is -0.346 e. The minimum atomic E-state index is -0.0354. The largest absolute Gasteiger partial charge is 0.346 e. The lowest BCUT2D eigenvalue weighted by Gasteiger charge is -2.38. The van der Waals surface area contributed by atoms with Gasteiger partial charge in [0.1, 0.15) is 5.69 Å². The maximum atomic E-state index is 12.7. The van der Waals surface area contributed by atoms with E-state index in [1.165, 1.54) is 6.92 Å². The van der Waals surface area contributed by atoms with Gasteiger partial charge in [0.15, 0.2) is 5.78 Å². The highest BCUT2D eigenvalue weighted by Crippen LogP contribution is 2.22. The molecule has 118 valence electrons. The molecule has 1 aliphatic heterocycles. The van der Waals surface area contributed by atoms with Crippen molar-refractivity contribution in [2.45, 2.75) is 45.2 Å². The molecule has 0 aliphatic carbocycles. The first-order chi connectivity index (χ1) is 9.41. The molecule has 0 saturated carbocycles. The standard InChI is InChI=1S/C15H23N3O2.ClH/c1-10(16)13-6-4-5-7-18(13)15(20)14-8-12(11(2)19)9-17(14)3;/h8-10,13H,4-7,16H2,1-3H3;1H. The molecular weight excluding hydrogens is 290 g/mol. The molecule has 0 radical (unpaired) electrons. The van der Waals surface area contributed by atoms with Crippen LogP contribution in [0.2, 0.25) is 0 Å². The van der Waals surface area contributed by atoms with Crippen LogP contribution in [0.4, 0.5) is 0 Å². The van der Waals surface area contributed by atoms with Gasteiger partial charge in [0, 0.05) is 37.4 Å². The number of carbonyl (C=O) groups excluding carboxylic acids is 2. The highest BCUT2D eigenvalue weighted by Gasteiger charge is 2.31. The second-order valence-electron chi connectivity index (χ2n) is 5.70. The summed E-state index contributed by atoms with van der Waals surface area (Å²) in [7, 11) is 1.80. The Bertz CT molecular complexity index is 525. The molecule has 1 aromatic rings. The average Bonchev–Trinajstić information content (AvgIpc) is 2.80. The number of Topliss-reactive ketones (excluding diaryl/α,β-unsaturated/α-hetero) is 1. The Labute approximate surface area is 131 Å². The van der Waals surface area contributed by atoms with E-state index in [4.69, 9.17) is 5.73 Å². The third-order valence-electron chi connectivity index (χ3n) is 4.05. The van der Waals surface area contributed by atoms with Crippen molar-refractivity contribution in [3.8, 4) is 0 Å². The van der Waals surface area contributed by atoms with Crippen LogP contribution in [-0.2, 0) is 7.05 Å². The van der Waals surface area contributed by atoms with Crippen LogP contribution in [0.5, 0.6) is 0 Å². The number of hydrogen-bond donors (Lipinski definition) is 1. The van der Waals surface area contributed by atoms with E-state index in [0.29, 0.717) is 11.3 Å². The molecule has 1 saturated heterocycles. The van der Waals surface area contributed by atoms with E-state index in [-0.39, 0.29) is 36.2 Å². The van der Waals surface area contributed by atoms with Crippen molar-refractivity contribution in [1.82, 2.24) is 9.47 Å². The number of carbonyl (C=O) groups is 2. The summed E-state index contributed by atoms with van der Waals surface area (Å²) in [6.45, 7) is 4.20. The Balaban J connectivity index is 0.00000220. The molecule has 2 unspecified atom stereocenters. The van der Waals surface area contributed by atoms with Gasteiger partial charge in [0.05, 0.1) is 0 Å². The van der Waals surface area contributed by atoms with E-state index in [2.05, 4.69) is 0 Å². The van der Waals surface area contributed by atoms with E-state index < -0.39 is 0 Å². The van der Waals surface area contributed by atoms with Crippen LogP contribution in [0.15, 0.2) is 12.3 Å². The van der Waals surface area contributed by atoms with Gasteiger partial charge >= 0.3 is 0 Å². The van der Waals surface area contributed by atoms with E-state index in [1.807, 2.05) is 11.8 Å². The van der Waals surface area contributed by atoms with E-state index >= 15 is 0 Å². The second kappa shape index (κ2) is 7.09. The van der Waals surface area contributed by atoms with Gasteiger partial charge in [0.25, 0.3) is 5.91 Å². The molecular formula is C15H24ClN3O2. The molecule has 5 nitrogen and oxygen atoms in total. The van der Waals surface area contributed by atoms with Gasteiger partial charge in [-0.15, -0.1) is 12.4 Å². The minimum absolute atomic E-state index is 0. The predicted molar refractivity (Wildman–Crippen MR) is 85.0 cm³/mol. The lowest BCUT2D eigenvalue weighted by molar-refractivity contribution is 0.0574.